The van der Waals surface area contributed by atoms with Crippen molar-refractivity contribution >= 4 is 11.6 Å². The molecule has 0 radical (unpaired) electrons. The summed E-state index contributed by atoms with van der Waals surface area (Å²) in [5, 5.41) is 10.4. The molecular formula is C12H16ClNO. The van der Waals surface area contributed by atoms with Gasteiger partial charge < -0.3 is 10.8 Å². The fourth-order valence-corrected chi connectivity index (χ4v) is 2.71. The molecule has 0 aliphatic heterocycles. The van der Waals surface area contributed by atoms with Crippen molar-refractivity contribution < 1.29 is 5.11 Å². The van der Waals surface area contributed by atoms with E-state index in [0.29, 0.717) is 5.02 Å². The van der Waals surface area contributed by atoms with Crippen molar-refractivity contribution in [3.8, 4) is 5.75 Å². The maximum absolute atomic E-state index is 9.99. The molecule has 2 nitrogen and oxygen atoms in total. The van der Waals surface area contributed by atoms with Crippen molar-refractivity contribution in [1.29, 1.82) is 0 Å². The molecule has 15 heavy (non-hydrogen) atoms. The van der Waals surface area contributed by atoms with Crippen LogP contribution >= 0.6 is 11.6 Å². The molecule has 0 amide bonds. The van der Waals surface area contributed by atoms with Crippen LogP contribution in [0.2, 0.25) is 5.02 Å². The van der Waals surface area contributed by atoms with E-state index in [9.17, 15) is 5.11 Å². The number of hydrogen-bond acceptors (Lipinski definition) is 2. The molecule has 1 saturated carbocycles. The Kier molecular flexibility index (Phi) is 2.65. The van der Waals surface area contributed by atoms with Gasteiger partial charge in [-0.3, -0.25) is 0 Å². The first-order chi connectivity index (χ1) is 7.04. The van der Waals surface area contributed by atoms with Gasteiger partial charge in [0.15, 0.2) is 0 Å². The van der Waals surface area contributed by atoms with Gasteiger partial charge in [0.1, 0.15) is 5.75 Å². The molecule has 1 aliphatic rings. The lowest BCUT2D eigenvalue weighted by Gasteiger charge is -2.27. The van der Waals surface area contributed by atoms with E-state index in [1.807, 2.05) is 13.0 Å². The zero-order chi connectivity index (χ0) is 11.1. The van der Waals surface area contributed by atoms with E-state index in [1.54, 1.807) is 6.07 Å². The van der Waals surface area contributed by atoms with Crippen molar-refractivity contribution in [2.24, 2.45) is 5.73 Å². The van der Waals surface area contributed by atoms with Gasteiger partial charge in [-0.2, -0.15) is 0 Å². The molecule has 1 fully saturated rings. The summed E-state index contributed by atoms with van der Waals surface area (Å²) in [5.74, 6) is 0.168. The number of aromatic hydroxyl groups is 1. The highest BCUT2D eigenvalue weighted by Gasteiger charge is 2.35. The third-order valence-electron chi connectivity index (χ3n) is 3.33. The molecule has 0 bridgehead atoms. The summed E-state index contributed by atoms with van der Waals surface area (Å²) in [6, 6.07) is 3.64. The number of rotatable bonds is 1. The lowest BCUT2D eigenvalue weighted by molar-refractivity contribution is 0.407. The average molecular weight is 226 g/mol. The zero-order valence-electron chi connectivity index (χ0n) is 8.89. The van der Waals surface area contributed by atoms with Crippen LogP contribution < -0.4 is 5.73 Å². The highest BCUT2D eigenvalue weighted by molar-refractivity contribution is 6.32. The van der Waals surface area contributed by atoms with Crippen LogP contribution in [0.15, 0.2) is 12.1 Å². The normalized spacial score (nSPS) is 19.4. The lowest BCUT2D eigenvalue weighted by Crippen LogP contribution is -2.34. The lowest BCUT2D eigenvalue weighted by atomic mass is 9.85. The van der Waals surface area contributed by atoms with Crippen LogP contribution in [0.25, 0.3) is 0 Å². The van der Waals surface area contributed by atoms with E-state index in [-0.39, 0.29) is 11.3 Å². The molecule has 0 saturated heterocycles. The van der Waals surface area contributed by atoms with Crippen LogP contribution in [0, 0.1) is 6.92 Å². The Balaban J connectivity index is 2.55. The van der Waals surface area contributed by atoms with Crippen molar-refractivity contribution in [2.45, 2.75) is 38.1 Å². The Morgan fingerprint density at radius 1 is 1.33 bits per heavy atom. The fourth-order valence-electron chi connectivity index (χ4n) is 2.55. The van der Waals surface area contributed by atoms with Gasteiger partial charge >= 0.3 is 0 Å². The van der Waals surface area contributed by atoms with E-state index in [2.05, 4.69) is 0 Å². The van der Waals surface area contributed by atoms with E-state index in [0.717, 1.165) is 36.8 Å². The number of benzene rings is 1. The predicted molar refractivity (Wildman–Crippen MR) is 62.2 cm³/mol. The fraction of sp³-hybridized carbons (Fsp3) is 0.500. The van der Waals surface area contributed by atoms with Gasteiger partial charge in [0.2, 0.25) is 0 Å². The Morgan fingerprint density at radius 2 is 1.93 bits per heavy atom. The second kappa shape index (κ2) is 3.69. The van der Waals surface area contributed by atoms with Gasteiger partial charge in [-0.1, -0.05) is 30.5 Å². The summed E-state index contributed by atoms with van der Waals surface area (Å²) >= 11 is 5.92. The molecule has 1 aliphatic carbocycles. The van der Waals surface area contributed by atoms with Crippen molar-refractivity contribution in [2.75, 3.05) is 0 Å². The van der Waals surface area contributed by atoms with Crippen LogP contribution in [0.1, 0.15) is 36.8 Å². The van der Waals surface area contributed by atoms with Crippen LogP contribution in [0.4, 0.5) is 0 Å². The Hall–Kier alpha value is -0.730. The third-order valence-corrected chi connectivity index (χ3v) is 3.64. The Morgan fingerprint density at radius 3 is 2.53 bits per heavy atom. The molecule has 3 N–H and O–H groups in total. The minimum absolute atomic E-state index is 0.168. The van der Waals surface area contributed by atoms with E-state index < -0.39 is 0 Å². The first-order valence-electron chi connectivity index (χ1n) is 5.32. The highest BCUT2D eigenvalue weighted by Crippen LogP contribution is 2.44. The maximum atomic E-state index is 9.99. The van der Waals surface area contributed by atoms with Crippen LogP contribution in [-0.4, -0.2) is 5.11 Å². The molecule has 0 aromatic heterocycles. The molecule has 3 heteroatoms. The molecule has 2 rings (SSSR count). The molecule has 1 aromatic rings. The monoisotopic (exact) mass is 225 g/mol. The summed E-state index contributed by atoms with van der Waals surface area (Å²) < 4.78 is 0. The van der Waals surface area contributed by atoms with E-state index in [4.69, 9.17) is 17.3 Å². The number of nitrogens with two attached hydrogens (primary N) is 1. The second-order valence-electron chi connectivity index (χ2n) is 4.45. The SMILES string of the molecule is Cc1ccc(Cl)c(O)c1C1(N)CCCC1. The molecule has 0 heterocycles. The first kappa shape index (κ1) is 10.8. The first-order valence-corrected chi connectivity index (χ1v) is 5.70. The van der Waals surface area contributed by atoms with Gasteiger partial charge in [-0.25, -0.2) is 0 Å². The topological polar surface area (TPSA) is 46.2 Å². The van der Waals surface area contributed by atoms with Crippen molar-refractivity contribution in [1.82, 2.24) is 0 Å². The number of halogens is 1. The van der Waals surface area contributed by atoms with Gasteiger partial charge in [-0.15, -0.1) is 0 Å². The minimum Gasteiger partial charge on any atom is -0.506 e. The Labute approximate surface area is 95.1 Å². The van der Waals surface area contributed by atoms with Gasteiger partial charge in [0, 0.05) is 11.1 Å². The Bertz CT molecular complexity index is 383. The number of hydrogen-bond donors (Lipinski definition) is 2. The third kappa shape index (κ3) is 1.72. The zero-order valence-corrected chi connectivity index (χ0v) is 9.64. The molecule has 0 unspecified atom stereocenters. The quantitative estimate of drug-likeness (QED) is 0.772. The number of phenolic OH excluding ortho intramolecular Hbond substituents is 1. The van der Waals surface area contributed by atoms with Crippen molar-refractivity contribution in [3.05, 3.63) is 28.3 Å². The van der Waals surface area contributed by atoms with Crippen LogP contribution in [0.5, 0.6) is 5.75 Å². The predicted octanol–water partition coefficient (Wildman–Crippen LogP) is 3.08. The summed E-state index contributed by atoms with van der Waals surface area (Å²) in [6.07, 6.45) is 4.12. The van der Waals surface area contributed by atoms with Gasteiger partial charge in [0.25, 0.3) is 0 Å². The van der Waals surface area contributed by atoms with Gasteiger partial charge in [-0.05, 0) is 31.4 Å². The largest absolute Gasteiger partial charge is 0.506 e. The average Bonchev–Trinajstić information content (AvgIpc) is 2.60. The summed E-state index contributed by atoms with van der Waals surface area (Å²) in [5.41, 5.74) is 7.83. The van der Waals surface area contributed by atoms with Crippen LogP contribution in [0.3, 0.4) is 0 Å². The summed E-state index contributed by atoms with van der Waals surface area (Å²) in [4.78, 5) is 0. The van der Waals surface area contributed by atoms with Gasteiger partial charge in [0.05, 0.1) is 5.02 Å². The standard InChI is InChI=1S/C12H16ClNO/c1-8-4-5-9(13)11(15)10(8)12(14)6-2-3-7-12/h4-5,15H,2-3,6-7,14H2,1H3. The van der Waals surface area contributed by atoms with Crippen molar-refractivity contribution in [3.63, 3.8) is 0 Å². The van der Waals surface area contributed by atoms with E-state index >= 15 is 0 Å². The summed E-state index contributed by atoms with van der Waals surface area (Å²) in [7, 11) is 0. The molecule has 1 aromatic carbocycles. The maximum Gasteiger partial charge on any atom is 0.139 e. The highest BCUT2D eigenvalue weighted by atomic mass is 35.5. The minimum atomic E-state index is -0.376. The smallest absolute Gasteiger partial charge is 0.139 e. The molecule has 0 spiro atoms. The summed E-state index contributed by atoms with van der Waals surface area (Å²) in [6.45, 7) is 1.97. The number of aryl methyl sites for hydroxylation is 1. The second-order valence-corrected chi connectivity index (χ2v) is 4.86. The molecular weight excluding hydrogens is 210 g/mol. The number of phenols is 1. The molecule has 0 atom stereocenters. The molecule has 82 valence electrons. The van der Waals surface area contributed by atoms with E-state index in [1.165, 1.54) is 0 Å². The van der Waals surface area contributed by atoms with Crippen LogP contribution in [-0.2, 0) is 5.54 Å².